The van der Waals surface area contributed by atoms with Gasteiger partial charge in [0.2, 0.25) is 0 Å². The van der Waals surface area contributed by atoms with E-state index in [0.717, 1.165) is 37.8 Å². The van der Waals surface area contributed by atoms with Crippen LogP contribution in [0.2, 0.25) is 0 Å². The maximum atomic E-state index is 5.88. The third-order valence-electron chi connectivity index (χ3n) is 3.31. The Kier molecular flexibility index (Phi) is 7.68. The largest absolute Gasteiger partial charge is 0.494 e. The summed E-state index contributed by atoms with van der Waals surface area (Å²) in [5, 5.41) is 3.46. The summed E-state index contributed by atoms with van der Waals surface area (Å²) in [6, 6.07) is 6.55. The van der Waals surface area contributed by atoms with Crippen molar-refractivity contribution in [3.8, 4) is 5.75 Å². The predicted molar refractivity (Wildman–Crippen MR) is 87.7 cm³/mol. The number of aryl methyl sites for hydroxylation is 1. The van der Waals surface area contributed by atoms with Crippen LogP contribution < -0.4 is 10.1 Å². The second-order valence-electron chi connectivity index (χ2n) is 6.39. The van der Waals surface area contributed by atoms with Crippen molar-refractivity contribution < 1.29 is 4.74 Å². The molecule has 0 saturated carbocycles. The lowest BCUT2D eigenvalue weighted by Gasteiger charge is -2.12. The Labute approximate surface area is 124 Å². The first kappa shape index (κ1) is 17.0. The SMILES string of the molecule is Cc1cc(OCCCCNCC(C)C)cc(C(C)C)c1. The summed E-state index contributed by atoms with van der Waals surface area (Å²) in [5.74, 6) is 2.30. The van der Waals surface area contributed by atoms with Crippen molar-refractivity contribution in [3.05, 3.63) is 29.3 Å². The highest BCUT2D eigenvalue weighted by Gasteiger charge is 2.03. The van der Waals surface area contributed by atoms with Gasteiger partial charge in [0, 0.05) is 0 Å². The van der Waals surface area contributed by atoms with Gasteiger partial charge in [0.05, 0.1) is 6.61 Å². The molecule has 0 saturated heterocycles. The van der Waals surface area contributed by atoms with E-state index in [0.29, 0.717) is 5.92 Å². The zero-order valence-electron chi connectivity index (χ0n) is 13.8. The normalized spacial score (nSPS) is 11.3. The van der Waals surface area contributed by atoms with Gasteiger partial charge in [0.15, 0.2) is 0 Å². The maximum absolute atomic E-state index is 5.88. The molecule has 0 aliphatic heterocycles. The average molecular weight is 277 g/mol. The second kappa shape index (κ2) is 9.02. The van der Waals surface area contributed by atoms with E-state index in [1.54, 1.807) is 0 Å². The fourth-order valence-electron chi connectivity index (χ4n) is 2.13. The molecular formula is C18H31NO. The monoisotopic (exact) mass is 277 g/mol. The first-order chi connectivity index (χ1) is 9.49. The minimum atomic E-state index is 0.553. The second-order valence-corrected chi connectivity index (χ2v) is 6.39. The van der Waals surface area contributed by atoms with Gasteiger partial charge in [-0.25, -0.2) is 0 Å². The molecule has 0 atom stereocenters. The Morgan fingerprint density at radius 2 is 1.80 bits per heavy atom. The molecule has 0 amide bonds. The van der Waals surface area contributed by atoms with Crippen LogP contribution in [-0.2, 0) is 0 Å². The first-order valence-corrected chi connectivity index (χ1v) is 7.94. The van der Waals surface area contributed by atoms with Gasteiger partial charge in [-0.3, -0.25) is 0 Å². The topological polar surface area (TPSA) is 21.3 Å². The highest BCUT2D eigenvalue weighted by Crippen LogP contribution is 2.22. The van der Waals surface area contributed by atoms with Crippen molar-refractivity contribution in [1.29, 1.82) is 0 Å². The highest BCUT2D eigenvalue weighted by atomic mass is 16.5. The molecule has 0 fully saturated rings. The number of hydrogen-bond acceptors (Lipinski definition) is 2. The Morgan fingerprint density at radius 3 is 2.45 bits per heavy atom. The summed E-state index contributed by atoms with van der Waals surface area (Å²) >= 11 is 0. The molecule has 0 aliphatic carbocycles. The van der Waals surface area contributed by atoms with E-state index in [1.807, 2.05) is 0 Å². The lowest BCUT2D eigenvalue weighted by Crippen LogP contribution is -2.21. The van der Waals surface area contributed by atoms with Crippen LogP contribution in [0.25, 0.3) is 0 Å². The molecule has 0 unspecified atom stereocenters. The van der Waals surface area contributed by atoms with Gasteiger partial charge in [0.1, 0.15) is 5.75 Å². The van der Waals surface area contributed by atoms with Gasteiger partial charge < -0.3 is 10.1 Å². The number of unbranched alkanes of at least 4 members (excludes halogenated alkanes) is 1. The quantitative estimate of drug-likeness (QED) is 0.670. The molecule has 0 aliphatic rings. The van der Waals surface area contributed by atoms with E-state index in [2.05, 4.69) is 58.1 Å². The zero-order valence-corrected chi connectivity index (χ0v) is 13.8. The van der Waals surface area contributed by atoms with Gasteiger partial charge in [-0.15, -0.1) is 0 Å². The van der Waals surface area contributed by atoms with E-state index >= 15 is 0 Å². The lowest BCUT2D eigenvalue weighted by molar-refractivity contribution is 0.305. The van der Waals surface area contributed by atoms with Crippen LogP contribution >= 0.6 is 0 Å². The molecule has 1 aromatic carbocycles. The molecular weight excluding hydrogens is 246 g/mol. The number of nitrogens with one attached hydrogen (secondary N) is 1. The molecule has 0 aromatic heterocycles. The summed E-state index contributed by atoms with van der Waals surface area (Å²) in [5.41, 5.74) is 2.64. The number of hydrogen-bond donors (Lipinski definition) is 1. The maximum Gasteiger partial charge on any atom is 0.119 e. The van der Waals surface area contributed by atoms with Crippen LogP contribution in [-0.4, -0.2) is 19.7 Å². The Hall–Kier alpha value is -1.02. The molecule has 114 valence electrons. The van der Waals surface area contributed by atoms with Crippen molar-refractivity contribution in [1.82, 2.24) is 5.32 Å². The van der Waals surface area contributed by atoms with Crippen LogP contribution in [0.5, 0.6) is 5.75 Å². The van der Waals surface area contributed by atoms with Crippen molar-refractivity contribution in [2.45, 2.75) is 53.4 Å². The zero-order chi connectivity index (χ0) is 15.0. The van der Waals surface area contributed by atoms with Crippen molar-refractivity contribution in [3.63, 3.8) is 0 Å². The van der Waals surface area contributed by atoms with Crippen molar-refractivity contribution in [2.75, 3.05) is 19.7 Å². The molecule has 1 aromatic rings. The fraction of sp³-hybridized carbons (Fsp3) is 0.667. The lowest BCUT2D eigenvalue weighted by atomic mass is 10.0. The van der Waals surface area contributed by atoms with Gasteiger partial charge in [-0.05, 0) is 68.0 Å². The standard InChI is InChI=1S/C18H31NO/c1-14(2)13-19-8-6-7-9-20-18-11-16(5)10-17(12-18)15(3)4/h10-12,14-15,19H,6-9,13H2,1-5H3. The summed E-state index contributed by atoms with van der Waals surface area (Å²) in [6.07, 6.45) is 2.28. The van der Waals surface area contributed by atoms with Crippen LogP contribution in [0.1, 0.15) is 57.6 Å². The molecule has 20 heavy (non-hydrogen) atoms. The predicted octanol–water partition coefficient (Wildman–Crippen LogP) is 4.52. The molecule has 2 nitrogen and oxygen atoms in total. The molecule has 0 bridgehead atoms. The van der Waals surface area contributed by atoms with Gasteiger partial charge in [-0.1, -0.05) is 33.8 Å². The number of benzene rings is 1. The van der Waals surface area contributed by atoms with E-state index in [-0.39, 0.29) is 0 Å². The van der Waals surface area contributed by atoms with E-state index in [9.17, 15) is 0 Å². The molecule has 1 N–H and O–H groups in total. The van der Waals surface area contributed by atoms with Crippen LogP contribution in [0.3, 0.4) is 0 Å². The average Bonchev–Trinajstić information content (AvgIpc) is 2.36. The molecule has 0 heterocycles. The van der Waals surface area contributed by atoms with E-state index in [4.69, 9.17) is 4.74 Å². The van der Waals surface area contributed by atoms with Gasteiger partial charge in [-0.2, -0.15) is 0 Å². The third-order valence-corrected chi connectivity index (χ3v) is 3.31. The molecule has 1 rings (SSSR count). The highest BCUT2D eigenvalue weighted by molar-refractivity contribution is 5.35. The summed E-state index contributed by atoms with van der Waals surface area (Å²) in [4.78, 5) is 0. The van der Waals surface area contributed by atoms with Crippen molar-refractivity contribution >= 4 is 0 Å². The summed E-state index contributed by atoms with van der Waals surface area (Å²) < 4.78 is 5.88. The van der Waals surface area contributed by atoms with E-state index in [1.165, 1.54) is 17.5 Å². The minimum Gasteiger partial charge on any atom is -0.494 e. The Morgan fingerprint density at radius 1 is 1.05 bits per heavy atom. The minimum absolute atomic E-state index is 0.553. The van der Waals surface area contributed by atoms with Gasteiger partial charge in [0.25, 0.3) is 0 Å². The molecule has 0 radical (unpaired) electrons. The smallest absolute Gasteiger partial charge is 0.119 e. The Bertz CT molecular complexity index is 385. The summed E-state index contributed by atoms with van der Waals surface area (Å²) in [7, 11) is 0. The number of ether oxygens (including phenoxy) is 1. The number of rotatable bonds is 9. The Balaban J connectivity index is 2.25. The fourth-order valence-corrected chi connectivity index (χ4v) is 2.13. The van der Waals surface area contributed by atoms with Crippen molar-refractivity contribution in [2.24, 2.45) is 5.92 Å². The van der Waals surface area contributed by atoms with Crippen LogP contribution in [0, 0.1) is 12.8 Å². The van der Waals surface area contributed by atoms with Crippen LogP contribution in [0.15, 0.2) is 18.2 Å². The first-order valence-electron chi connectivity index (χ1n) is 7.94. The summed E-state index contributed by atoms with van der Waals surface area (Å²) in [6.45, 7) is 14.1. The van der Waals surface area contributed by atoms with E-state index < -0.39 is 0 Å². The molecule has 2 heteroatoms. The van der Waals surface area contributed by atoms with Crippen LogP contribution in [0.4, 0.5) is 0 Å². The third kappa shape index (κ3) is 6.95. The molecule has 0 spiro atoms. The van der Waals surface area contributed by atoms with Gasteiger partial charge >= 0.3 is 0 Å².